The number of hydrogen-bond acceptors (Lipinski definition) is 4. The van der Waals surface area contributed by atoms with Crippen LogP contribution in [0.15, 0.2) is 48.7 Å². The van der Waals surface area contributed by atoms with E-state index in [4.69, 9.17) is 4.74 Å². The van der Waals surface area contributed by atoms with E-state index in [1.54, 1.807) is 24.3 Å². The summed E-state index contributed by atoms with van der Waals surface area (Å²) in [5.74, 6) is -0.197. The van der Waals surface area contributed by atoms with Gasteiger partial charge in [0.25, 0.3) is 0 Å². The quantitative estimate of drug-likeness (QED) is 0.719. The molecule has 2 aromatic carbocycles. The molecule has 2 heterocycles. The number of pyridine rings is 1. The number of rotatable bonds is 2. The van der Waals surface area contributed by atoms with E-state index in [-0.39, 0.29) is 29.5 Å². The Morgan fingerprint density at radius 2 is 2.04 bits per heavy atom. The third-order valence-electron chi connectivity index (χ3n) is 4.21. The minimum Gasteiger partial charge on any atom is -0.507 e. The van der Waals surface area contributed by atoms with Crippen LogP contribution in [0, 0.1) is 12.7 Å². The summed E-state index contributed by atoms with van der Waals surface area (Å²) in [6, 6.07) is 10.8. The molecule has 0 fully saturated rings. The molecule has 1 aromatic heterocycles. The van der Waals surface area contributed by atoms with Gasteiger partial charge in [0.05, 0.1) is 11.3 Å². The maximum atomic E-state index is 13.5. The first-order chi connectivity index (χ1) is 12.0. The molecule has 0 amide bonds. The number of aryl methyl sites for hydroxylation is 1. The van der Waals surface area contributed by atoms with Crippen LogP contribution >= 0.6 is 0 Å². The molecule has 1 aliphatic heterocycles. The highest BCUT2D eigenvalue weighted by molar-refractivity contribution is 6.10. The largest absolute Gasteiger partial charge is 0.507 e. The van der Waals surface area contributed by atoms with Crippen molar-refractivity contribution in [3.05, 3.63) is 76.7 Å². The molecule has 0 unspecified atom stereocenters. The Morgan fingerprint density at radius 3 is 2.88 bits per heavy atom. The van der Waals surface area contributed by atoms with Crippen LogP contribution in [0.1, 0.15) is 27.0 Å². The van der Waals surface area contributed by atoms with E-state index in [2.05, 4.69) is 4.98 Å². The molecular formula is C20H14FNO3. The average Bonchev–Trinajstić information content (AvgIpc) is 2.62. The number of benzene rings is 2. The first-order valence-electron chi connectivity index (χ1n) is 7.79. The minimum absolute atomic E-state index is 0.0722. The Kier molecular flexibility index (Phi) is 3.50. The lowest BCUT2D eigenvalue weighted by molar-refractivity contribution is 0.103. The van der Waals surface area contributed by atoms with Crippen molar-refractivity contribution < 1.29 is 19.0 Å². The van der Waals surface area contributed by atoms with Crippen LogP contribution in [0.2, 0.25) is 0 Å². The average molecular weight is 335 g/mol. The zero-order chi connectivity index (χ0) is 17.6. The third-order valence-corrected chi connectivity index (χ3v) is 4.21. The molecule has 4 rings (SSSR count). The summed E-state index contributed by atoms with van der Waals surface area (Å²) in [5, 5.41) is 9.96. The van der Waals surface area contributed by atoms with Crippen molar-refractivity contribution in [2.24, 2.45) is 0 Å². The second kappa shape index (κ2) is 5.70. The summed E-state index contributed by atoms with van der Waals surface area (Å²) in [5.41, 5.74) is 3.33. The molecule has 0 radical (unpaired) electrons. The maximum Gasteiger partial charge on any atom is 0.198 e. The SMILES string of the molecule is Cc1ccc(O)c(C(=O)c2cnc3c(c2)COc2ccc(F)cc2-3)c1. The van der Waals surface area contributed by atoms with Gasteiger partial charge in [-0.2, -0.15) is 0 Å². The molecule has 5 heteroatoms. The van der Waals surface area contributed by atoms with Gasteiger partial charge in [0.1, 0.15) is 23.9 Å². The van der Waals surface area contributed by atoms with E-state index in [0.29, 0.717) is 28.1 Å². The summed E-state index contributed by atoms with van der Waals surface area (Å²) in [6.07, 6.45) is 1.45. The van der Waals surface area contributed by atoms with Crippen molar-refractivity contribution in [3.63, 3.8) is 0 Å². The van der Waals surface area contributed by atoms with Crippen LogP contribution in [-0.2, 0) is 6.61 Å². The predicted octanol–water partition coefficient (Wildman–Crippen LogP) is 4.03. The van der Waals surface area contributed by atoms with Crippen LogP contribution in [0.4, 0.5) is 4.39 Å². The van der Waals surface area contributed by atoms with E-state index < -0.39 is 0 Å². The van der Waals surface area contributed by atoms with E-state index in [1.165, 1.54) is 24.4 Å². The number of halogens is 1. The van der Waals surface area contributed by atoms with Gasteiger partial charge >= 0.3 is 0 Å². The molecule has 0 saturated carbocycles. The summed E-state index contributed by atoms with van der Waals surface area (Å²) in [7, 11) is 0. The van der Waals surface area contributed by atoms with E-state index in [9.17, 15) is 14.3 Å². The second-order valence-electron chi connectivity index (χ2n) is 6.01. The Hall–Kier alpha value is -3.21. The van der Waals surface area contributed by atoms with Gasteiger partial charge in [-0.1, -0.05) is 11.6 Å². The van der Waals surface area contributed by atoms with Crippen molar-refractivity contribution in [3.8, 4) is 22.8 Å². The van der Waals surface area contributed by atoms with Gasteiger partial charge in [0, 0.05) is 22.9 Å². The fourth-order valence-electron chi connectivity index (χ4n) is 2.94. The molecule has 0 saturated heterocycles. The van der Waals surface area contributed by atoms with Gasteiger partial charge < -0.3 is 9.84 Å². The molecule has 0 spiro atoms. The number of phenolic OH excluding ortho intramolecular Hbond substituents is 1. The van der Waals surface area contributed by atoms with E-state index >= 15 is 0 Å². The number of aromatic hydroxyl groups is 1. The Labute approximate surface area is 143 Å². The first kappa shape index (κ1) is 15.3. The lowest BCUT2D eigenvalue weighted by Crippen LogP contribution is -2.10. The first-order valence-corrected chi connectivity index (χ1v) is 7.79. The topological polar surface area (TPSA) is 59.4 Å². The zero-order valence-electron chi connectivity index (χ0n) is 13.4. The monoisotopic (exact) mass is 335 g/mol. The molecule has 0 aliphatic carbocycles. The van der Waals surface area contributed by atoms with Crippen molar-refractivity contribution in [1.82, 2.24) is 4.98 Å². The number of carbonyl (C=O) groups excluding carboxylic acids is 1. The normalized spacial score (nSPS) is 12.1. The van der Waals surface area contributed by atoms with Crippen molar-refractivity contribution in [2.75, 3.05) is 0 Å². The van der Waals surface area contributed by atoms with Crippen LogP contribution in [0.3, 0.4) is 0 Å². The summed E-state index contributed by atoms with van der Waals surface area (Å²) in [4.78, 5) is 17.1. The van der Waals surface area contributed by atoms with Gasteiger partial charge in [-0.15, -0.1) is 0 Å². The van der Waals surface area contributed by atoms with Crippen LogP contribution in [0.25, 0.3) is 11.3 Å². The number of ketones is 1. The molecule has 124 valence electrons. The smallest absolute Gasteiger partial charge is 0.198 e. The number of ether oxygens (including phenoxy) is 1. The molecule has 1 aliphatic rings. The molecule has 3 aromatic rings. The molecular weight excluding hydrogens is 321 g/mol. The van der Waals surface area contributed by atoms with Gasteiger partial charge in [-0.05, 0) is 43.3 Å². The Bertz CT molecular complexity index is 1010. The van der Waals surface area contributed by atoms with Gasteiger partial charge in [0.2, 0.25) is 0 Å². The van der Waals surface area contributed by atoms with Crippen molar-refractivity contribution in [2.45, 2.75) is 13.5 Å². The number of carbonyl (C=O) groups is 1. The highest BCUT2D eigenvalue weighted by atomic mass is 19.1. The number of aromatic nitrogens is 1. The highest BCUT2D eigenvalue weighted by Crippen LogP contribution is 2.37. The lowest BCUT2D eigenvalue weighted by Gasteiger charge is -2.20. The Balaban J connectivity index is 1.78. The number of phenols is 1. The number of fused-ring (bicyclic) bond motifs is 3. The Morgan fingerprint density at radius 1 is 1.20 bits per heavy atom. The standard InChI is InChI=1S/C20H14FNO3/c1-11-2-4-17(23)15(6-11)20(24)12-7-13-10-25-18-5-3-14(21)8-16(18)19(13)22-9-12/h2-9,23H,10H2,1H3. The van der Waals surface area contributed by atoms with Gasteiger partial charge in [-0.25, -0.2) is 4.39 Å². The van der Waals surface area contributed by atoms with E-state index in [0.717, 1.165) is 5.56 Å². The molecule has 1 N–H and O–H groups in total. The van der Waals surface area contributed by atoms with E-state index in [1.807, 2.05) is 6.92 Å². The maximum absolute atomic E-state index is 13.5. The lowest BCUT2D eigenvalue weighted by atomic mass is 9.97. The summed E-state index contributed by atoms with van der Waals surface area (Å²) < 4.78 is 19.2. The molecule has 4 nitrogen and oxygen atoms in total. The fraction of sp³-hybridized carbons (Fsp3) is 0.100. The second-order valence-corrected chi connectivity index (χ2v) is 6.01. The van der Waals surface area contributed by atoms with Gasteiger partial charge in [-0.3, -0.25) is 9.78 Å². The minimum atomic E-state index is -0.373. The zero-order valence-corrected chi connectivity index (χ0v) is 13.4. The highest BCUT2D eigenvalue weighted by Gasteiger charge is 2.22. The van der Waals surface area contributed by atoms with Crippen LogP contribution < -0.4 is 4.74 Å². The van der Waals surface area contributed by atoms with Crippen LogP contribution in [-0.4, -0.2) is 15.9 Å². The molecule has 25 heavy (non-hydrogen) atoms. The summed E-state index contributed by atoms with van der Waals surface area (Å²) >= 11 is 0. The van der Waals surface area contributed by atoms with Gasteiger partial charge in [0.15, 0.2) is 5.78 Å². The molecule has 0 atom stereocenters. The van der Waals surface area contributed by atoms with Crippen molar-refractivity contribution >= 4 is 5.78 Å². The van der Waals surface area contributed by atoms with Crippen molar-refractivity contribution in [1.29, 1.82) is 0 Å². The third kappa shape index (κ3) is 2.63. The number of hydrogen-bond donors (Lipinski definition) is 1. The molecule has 0 bridgehead atoms. The van der Waals surface area contributed by atoms with Crippen LogP contribution in [0.5, 0.6) is 11.5 Å². The summed E-state index contributed by atoms with van der Waals surface area (Å²) in [6.45, 7) is 2.10. The number of nitrogens with zero attached hydrogens (tertiary/aromatic N) is 1. The predicted molar refractivity (Wildman–Crippen MR) is 90.2 cm³/mol. The fourth-order valence-corrected chi connectivity index (χ4v) is 2.94.